The number of esters is 4. The minimum absolute atomic E-state index is 0.107. The van der Waals surface area contributed by atoms with Gasteiger partial charge in [0, 0.05) is 25.7 Å². The molecular formula is C81H158O17P2. The van der Waals surface area contributed by atoms with E-state index in [1.807, 2.05) is 0 Å². The molecule has 594 valence electrons. The van der Waals surface area contributed by atoms with E-state index < -0.39 is 97.5 Å². The van der Waals surface area contributed by atoms with Gasteiger partial charge in [-0.25, -0.2) is 9.13 Å². The Bertz CT molecular complexity index is 1940. The van der Waals surface area contributed by atoms with Crippen LogP contribution in [0.4, 0.5) is 0 Å². The first-order valence-electron chi connectivity index (χ1n) is 41.9. The van der Waals surface area contributed by atoms with Crippen LogP contribution in [-0.4, -0.2) is 96.7 Å². The average Bonchev–Trinajstić information content (AvgIpc) is 0.956. The summed E-state index contributed by atoms with van der Waals surface area (Å²) < 4.78 is 68.7. The number of hydrogen-bond donors (Lipinski definition) is 3. The van der Waals surface area contributed by atoms with Gasteiger partial charge in [0.25, 0.3) is 0 Å². The number of unbranched alkanes of at least 4 members (excludes halogenated alkanes) is 46. The maximum absolute atomic E-state index is 13.1. The Morgan fingerprint density at radius 3 is 0.760 bits per heavy atom. The molecule has 19 heteroatoms. The Morgan fingerprint density at radius 1 is 0.290 bits per heavy atom. The molecule has 0 rings (SSSR count). The van der Waals surface area contributed by atoms with E-state index >= 15 is 0 Å². The maximum atomic E-state index is 13.1. The molecule has 3 unspecified atom stereocenters. The second kappa shape index (κ2) is 71.3. The van der Waals surface area contributed by atoms with Gasteiger partial charge in [0.15, 0.2) is 12.2 Å². The van der Waals surface area contributed by atoms with Crippen LogP contribution in [-0.2, 0) is 65.4 Å². The number of carbonyl (C=O) groups is 4. The van der Waals surface area contributed by atoms with E-state index in [2.05, 4.69) is 48.5 Å². The molecule has 0 aliphatic rings. The fraction of sp³-hybridized carbons (Fsp3) is 0.951. The molecule has 100 heavy (non-hydrogen) atoms. The third-order valence-electron chi connectivity index (χ3n) is 19.2. The molecule has 17 nitrogen and oxygen atoms in total. The highest BCUT2D eigenvalue weighted by Crippen LogP contribution is 2.45. The van der Waals surface area contributed by atoms with E-state index in [0.29, 0.717) is 25.7 Å². The molecule has 0 aromatic heterocycles. The number of aliphatic hydroxyl groups is 1. The molecule has 0 aliphatic heterocycles. The topological polar surface area (TPSA) is 237 Å². The third-order valence-corrected chi connectivity index (χ3v) is 21.1. The zero-order valence-electron chi connectivity index (χ0n) is 65.7. The largest absolute Gasteiger partial charge is 0.472 e. The number of ether oxygens (including phenoxy) is 4. The minimum atomic E-state index is -4.96. The summed E-state index contributed by atoms with van der Waals surface area (Å²) in [6, 6.07) is 0. The maximum Gasteiger partial charge on any atom is 0.472 e. The average molecular weight is 1470 g/mol. The lowest BCUT2D eigenvalue weighted by atomic mass is 9.99. The third kappa shape index (κ3) is 73.0. The van der Waals surface area contributed by atoms with Gasteiger partial charge in [-0.15, -0.1) is 0 Å². The normalized spacial score (nSPS) is 14.2. The van der Waals surface area contributed by atoms with Crippen molar-refractivity contribution in [2.24, 2.45) is 17.8 Å². The van der Waals surface area contributed by atoms with Crippen LogP contribution in [0, 0.1) is 17.8 Å². The van der Waals surface area contributed by atoms with E-state index in [4.69, 9.17) is 37.0 Å². The summed E-state index contributed by atoms with van der Waals surface area (Å²) in [5.41, 5.74) is 0. The summed E-state index contributed by atoms with van der Waals surface area (Å²) >= 11 is 0. The molecule has 0 aliphatic carbocycles. The number of carbonyl (C=O) groups excluding carboxylic acids is 4. The summed E-state index contributed by atoms with van der Waals surface area (Å²) in [7, 11) is -9.92. The number of phosphoric ester groups is 2. The van der Waals surface area contributed by atoms with Crippen molar-refractivity contribution in [3.63, 3.8) is 0 Å². The van der Waals surface area contributed by atoms with Crippen LogP contribution in [0.5, 0.6) is 0 Å². The first-order chi connectivity index (χ1) is 48.3. The van der Waals surface area contributed by atoms with Crippen molar-refractivity contribution in [1.82, 2.24) is 0 Å². The second-order valence-electron chi connectivity index (χ2n) is 30.4. The molecule has 0 aromatic carbocycles. The van der Waals surface area contributed by atoms with Crippen molar-refractivity contribution in [1.29, 1.82) is 0 Å². The predicted molar refractivity (Wildman–Crippen MR) is 409 cm³/mol. The molecule has 0 radical (unpaired) electrons. The number of rotatable bonds is 79. The van der Waals surface area contributed by atoms with E-state index in [9.17, 15) is 43.2 Å². The van der Waals surface area contributed by atoms with Gasteiger partial charge in [0.05, 0.1) is 26.4 Å². The number of phosphoric acid groups is 2. The molecule has 0 saturated carbocycles. The Morgan fingerprint density at radius 2 is 0.510 bits per heavy atom. The zero-order valence-corrected chi connectivity index (χ0v) is 67.5. The fourth-order valence-corrected chi connectivity index (χ4v) is 14.0. The monoisotopic (exact) mass is 1470 g/mol. The first-order valence-corrected chi connectivity index (χ1v) is 44.9. The van der Waals surface area contributed by atoms with Crippen molar-refractivity contribution >= 4 is 39.5 Å². The highest BCUT2D eigenvalue weighted by molar-refractivity contribution is 7.47. The predicted octanol–water partition coefficient (Wildman–Crippen LogP) is 24.1. The highest BCUT2D eigenvalue weighted by atomic mass is 31.2. The van der Waals surface area contributed by atoms with Crippen molar-refractivity contribution in [3.8, 4) is 0 Å². The number of hydrogen-bond acceptors (Lipinski definition) is 15. The van der Waals surface area contributed by atoms with Gasteiger partial charge in [-0.3, -0.25) is 37.3 Å². The molecule has 6 atom stereocenters. The van der Waals surface area contributed by atoms with E-state index in [-0.39, 0.29) is 25.7 Å². The molecule has 0 bridgehead atoms. The Balaban J connectivity index is 5.26. The van der Waals surface area contributed by atoms with Crippen molar-refractivity contribution in [2.75, 3.05) is 39.6 Å². The van der Waals surface area contributed by atoms with Gasteiger partial charge in [-0.2, -0.15) is 0 Å². The van der Waals surface area contributed by atoms with Crippen molar-refractivity contribution < 1.29 is 80.2 Å². The number of aliphatic hydroxyl groups excluding tert-OH is 1. The van der Waals surface area contributed by atoms with Gasteiger partial charge < -0.3 is 33.8 Å². The summed E-state index contributed by atoms with van der Waals surface area (Å²) in [6.07, 6.45) is 59.5. The summed E-state index contributed by atoms with van der Waals surface area (Å²) in [5, 5.41) is 10.6. The highest BCUT2D eigenvalue weighted by Gasteiger charge is 2.30. The lowest BCUT2D eigenvalue weighted by molar-refractivity contribution is -0.161. The SMILES string of the molecule is CCCCCCCCCCCCCCCCC(=O)O[C@H](COC(=O)CCCCCCCCCCC(C)C)COP(=O)(O)OC[C@H](O)COP(=O)(O)OC[C@@H](COC(=O)CCCCCCCCCCCCCCCCC(C)C)OC(=O)CCCCCCCCCCCCCCCCC(C)CC. The van der Waals surface area contributed by atoms with Crippen molar-refractivity contribution in [3.05, 3.63) is 0 Å². The fourth-order valence-electron chi connectivity index (χ4n) is 12.5. The molecule has 0 aromatic rings. The zero-order chi connectivity index (χ0) is 73.7. The van der Waals surface area contributed by atoms with Crippen molar-refractivity contribution in [2.45, 2.75) is 439 Å². The lowest BCUT2D eigenvalue weighted by Crippen LogP contribution is -2.30. The lowest BCUT2D eigenvalue weighted by Gasteiger charge is -2.21. The standard InChI is InChI=1S/C81H158O17P2/c1-8-10-11-12-13-14-15-16-23-29-34-43-50-57-64-80(85)98-77(69-92-79(84)63-56-49-42-37-36-39-46-53-60-73(5)6)71-96-100(89,90)94-67-75(82)66-93-99(87,88)95-70-76(68-91-78(83)62-55-48-41-33-28-24-19-17-21-26-31-38-45-52-59-72(3)4)97-81(86)65-58-51-44-35-30-25-20-18-22-27-32-40-47-54-61-74(7)9-2/h72-77,82H,8-71H2,1-7H3,(H,87,88)(H,89,90)/t74?,75-,76-,77-/m1/s1. The first kappa shape index (κ1) is 98.1. The molecule has 0 heterocycles. The molecule has 0 amide bonds. The molecule has 0 saturated heterocycles. The summed E-state index contributed by atoms with van der Waals surface area (Å²) in [6.45, 7) is 12.0. The summed E-state index contributed by atoms with van der Waals surface area (Å²) in [5.74, 6) is 0.262. The Hall–Kier alpha value is -1.94. The summed E-state index contributed by atoms with van der Waals surface area (Å²) in [4.78, 5) is 73.0. The molecule has 3 N–H and O–H groups in total. The van der Waals surface area contributed by atoms with Crippen LogP contribution in [0.1, 0.15) is 421 Å². The minimum Gasteiger partial charge on any atom is -0.462 e. The van der Waals surface area contributed by atoms with Crippen LogP contribution in [0.3, 0.4) is 0 Å². The van der Waals surface area contributed by atoms with Crippen LogP contribution in [0.25, 0.3) is 0 Å². The van der Waals surface area contributed by atoms with Gasteiger partial charge >= 0.3 is 39.5 Å². The van der Waals surface area contributed by atoms with Gasteiger partial charge in [-0.05, 0) is 43.4 Å². The second-order valence-corrected chi connectivity index (χ2v) is 33.3. The van der Waals surface area contributed by atoms with E-state index in [1.54, 1.807) is 0 Å². The van der Waals surface area contributed by atoms with Crippen LogP contribution in [0.15, 0.2) is 0 Å². The Labute approximate surface area is 613 Å². The van der Waals surface area contributed by atoms with Crippen LogP contribution >= 0.6 is 15.6 Å². The van der Waals surface area contributed by atoms with Gasteiger partial charge in [0.1, 0.15) is 19.3 Å². The van der Waals surface area contributed by atoms with Gasteiger partial charge in [-0.1, -0.05) is 370 Å². The smallest absolute Gasteiger partial charge is 0.462 e. The quantitative estimate of drug-likeness (QED) is 0.0222. The Kier molecular flexibility index (Phi) is 69.9. The van der Waals surface area contributed by atoms with E-state index in [1.165, 1.54) is 231 Å². The van der Waals surface area contributed by atoms with Crippen LogP contribution < -0.4 is 0 Å². The van der Waals surface area contributed by atoms with Gasteiger partial charge in [0.2, 0.25) is 0 Å². The molecule has 0 fully saturated rings. The van der Waals surface area contributed by atoms with Crippen LogP contribution in [0.2, 0.25) is 0 Å². The molecule has 0 spiro atoms. The molecular weight excluding hydrogens is 1310 g/mol. The van der Waals surface area contributed by atoms with E-state index in [0.717, 1.165) is 108 Å².